The molecule has 1 aromatic carbocycles. The topological polar surface area (TPSA) is 26.3 Å². The van der Waals surface area contributed by atoms with Crippen molar-refractivity contribution in [3.8, 4) is 0 Å². The summed E-state index contributed by atoms with van der Waals surface area (Å²) in [5.74, 6) is 5.14. The summed E-state index contributed by atoms with van der Waals surface area (Å²) in [5.41, 5.74) is 3.51. The molecule has 0 saturated heterocycles. The van der Waals surface area contributed by atoms with Gasteiger partial charge in [-0.05, 0) is 96.8 Å². The Bertz CT molecular complexity index is 963. The van der Waals surface area contributed by atoms with Crippen LogP contribution in [0.4, 0.5) is 0 Å². The summed E-state index contributed by atoms with van der Waals surface area (Å²) in [4.78, 5) is 12.7. The molecule has 0 aliphatic heterocycles. The summed E-state index contributed by atoms with van der Waals surface area (Å²) in [5, 5.41) is 0. The van der Waals surface area contributed by atoms with Gasteiger partial charge in [0.25, 0.3) is 0 Å². The van der Waals surface area contributed by atoms with Gasteiger partial charge in [0.05, 0.1) is 6.42 Å². The van der Waals surface area contributed by atoms with E-state index in [-0.39, 0.29) is 12.1 Å². The van der Waals surface area contributed by atoms with Crippen LogP contribution in [-0.2, 0) is 16.0 Å². The molecule has 2 heteroatoms. The fourth-order valence-corrected chi connectivity index (χ4v) is 9.74. The Labute approximate surface area is 227 Å². The van der Waals surface area contributed by atoms with Crippen molar-refractivity contribution in [2.75, 3.05) is 0 Å². The molecular weight excluding hydrogens is 452 g/mol. The van der Waals surface area contributed by atoms with E-state index in [4.69, 9.17) is 4.74 Å². The number of carbonyl (C=O) groups is 1. The van der Waals surface area contributed by atoms with E-state index in [2.05, 4.69) is 40.7 Å². The quantitative estimate of drug-likeness (QED) is 0.260. The number of carbonyl (C=O) groups excluding carboxylic acids is 1. The summed E-state index contributed by atoms with van der Waals surface area (Å²) < 4.78 is 6.02. The predicted molar refractivity (Wildman–Crippen MR) is 153 cm³/mol. The maximum Gasteiger partial charge on any atom is 0.310 e. The number of allylic oxidation sites excluding steroid dienone is 1. The van der Waals surface area contributed by atoms with Crippen LogP contribution < -0.4 is 0 Å². The van der Waals surface area contributed by atoms with Crippen LogP contribution in [0.2, 0.25) is 0 Å². The first-order valence-electron chi connectivity index (χ1n) is 15.6. The Morgan fingerprint density at radius 2 is 1.76 bits per heavy atom. The smallest absolute Gasteiger partial charge is 0.310 e. The highest BCUT2D eigenvalue weighted by Gasteiger charge is 2.59. The van der Waals surface area contributed by atoms with E-state index in [1.54, 1.807) is 5.57 Å². The van der Waals surface area contributed by atoms with Gasteiger partial charge in [-0.3, -0.25) is 4.79 Å². The Hall–Kier alpha value is -1.57. The monoisotopic (exact) mass is 504 g/mol. The molecule has 4 aliphatic rings. The van der Waals surface area contributed by atoms with Crippen LogP contribution in [0, 0.1) is 46.3 Å². The zero-order valence-electron chi connectivity index (χ0n) is 24.3. The van der Waals surface area contributed by atoms with Gasteiger partial charge < -0.3 is 4.74 Å². The average molecular weight is 505 g/mol. The molecule has 0 N–H and O–H groups in total. The van der Waals surface area contributed by atoms with Crippen molar-refractivity contribution in [1.29, 1.82) is 0 Å². The third-order valence-electron chi connectivity index (χ3n) is 11.7. The molecule has 5 rings (SSSR count). The van der Waals surface area contributed by atoms with E-state index < -0.39 is 0 Å². The van der Waals surface area contributed by atoms with Crippen LogP contribution in [0.15, 0.2) is 42.0 Å². The Morgan fingerprint density at radius 3 is 2.51 bits per heavy atom. The highest BCUT2D eigenvalue weighted by Crippen LogP contribution is 2.67. The van der Waals surface area contributed by atoms with E-state index in [0.717, 1.165) is 53.9 Å². The van der Waals surface area contributed by atoms with Crippen molar-refractivity contribution >= 4 is 5.97 Å². The second-order valence-corrected chi connectivity index (χ2v) is 14.3. The summed E-state index contributed by atoms with van der Waals surface area (Å²) in [6, 6.07) is 10.0. The Balaban J connectivity index is 1.22. The average Bonchev–Trinajstić information content (AvgIpc) is 3.22. The number of ether oxygens (including phenoxy) is 1. The van der Waals surface area contributed by atoms with Crippen LogP contribution in [0.1, 0.15) is 111 Å². The molecule has 37 heavy (non-hydrogen) atoms. The van der Waals surface area contributed by atoms with Crippen LogP contribution in [0.3, 0.4) is 0 Å². The summed E-state index contributed by atoms with van der Waals surface area (Å²) >= 11 is 0. The molecule has 3 fully saturated rings. The molecule has 0 bridgehead atoms. The van der Waals surface area contributed by atoms with Crippen molar-refractivity contribution in [1.82, 2.24) is 0 Å². The van der Waals surface area contributed by atoms with Crippen molar-refractivity contribution in [3.63, 3.8) is 0 Å². The molecular formula is C35H52O2. The maximum absolute atomic E-state index is 12.7. The molecule has 2 nitrogen and oxygen atoms in total. The fraction of sp³-hybridized carbons (Fsp3) is 0.743. The zero-order valence-corrected chi connectivity index (χ0v) is 24.3. The third-order valence-corrected chi connectivity index (χ3v) is 11.7. The first kappa shape index (κ1) is 27.0. The van der Waals surface area contributed by atoms with Gasteiger partial charge in [0.1, 0.15) is 6.10 Å². The molecule has 1 aromatic rings. The number of hydrogen-bond acceptors (Lipinski definition) is 2. The molecule has 0 radical (unpaired) electrons. The lowest BCUT2D eigenvalue weighted by Crippen LogP contribution is -2.51. The zero-order chi connectivity index (χ0) is 26.2. The van der Waals surface area contributed by atoms with Crippen LogP contribution in [0.25, 0.3) is 0 Å². The largest absolute Gasteiger partial charge is 0.462 e. The predicted octanol–water partition coefficient (Wildman–Crippen LogP) is 9.18. The fourth-order valence-electron chi connectivity index (χ4n) is 9.74. The minimum Gasteiger partial charge on any atom is -0.462 e. The van der Waals surface area contributed by atoms with Crippen molar-refractivity contribution in [3.05, 3.63) is 47.5 Å². The van der Waals surface area contributed by atoms with Gasteiger partial charge in [-0.15, -0.1) is 0 Å². The Morgan fingerprint density at radius 1 is 0.973 bits per heavy atom. The molecule has 204 valence electrons. The molecule has 4 aliphatic carbocycles. The van der Waals surface area contributed by atoms with Gasteiger partial charge in [-0.25, -0.2) is 0 Å². The normalized spacial score (nSPS) is 37.8. The summed E-state index contributed by atoms with van der Waals surface area (Å²) in [6.07, 6.45) is 17.4. The van der Waals surface area contributed by atoms with Crippen molar-refractivity contribution < 1.29 is 9.53 Å². The molecule has 0 heterocycles. The lowest BCUT2D eigenvalue weighted by atomic mass is 9.47. The van der Waals surface area contributed by atoms with Crippen LogP contribution in [0.5, 0.6) is 0 Å². The van der Waals surface area contributed by atoms with Crippen LogP contribution in [-0.4, -0.2) is 12.1 Å². The van der Waals surface area contributed by atoms with Crippen molar-refractivity contribution in [2.24, 2.45) is 46.3 Å². The number of hydrogen-bond donors (Lipinski definition) is 0. The minimum atomic E-state index is -0.0676. The lowest BCUT2D eigenvalue weighted by Gasteiger charge is -2.58. The SMILES string of the molecule is CC(C)CCCC(C)C1CCC2C3CC=C4C[C@@H](OC(=O)Cc5ccccc5)CCC4(C)C3CCC12C. The lowest BCUT2D eigenvalue weighted by molar-refractivity contribution is -0.150. The number of esters is 1. The first-order valence-corrected chi connectivity index (χ1v) is 15.6. The van der Waals surface area contributed by atoms with Gasteiger partial charge in [0.2, 0.25) is 0 Å². The maximum atomic E-state index is 12.7. The minimum absolute atomic E-state index is 0.0588. The highest BCUT2D eigenvalue weighted by atomic mass is 16.5. The van der Waals surface area contributed by atoms with Gasteiger partial charge in [0.15, 0.2) is 0 Å². The summed E-state index contributed by atoms with van der Waals surface area (Å²) in [7, 11) is 0. The highest BCUT2D eigenvalue weighted by molar-refractivity contribution is 5.72. The second kappa shape index (κ2) is 10.9. The van der Waals surface area contributed by atoms with Crippen LogP contribution >= 0.6 is 0 Å². The molecule has 8 atom stereocenters. The van der Waals surface area contributed by atoms with E-state index in [1.807, 2.05) is 30.3 Å². The summed E-state index contributed by atoms with van der Waals surface area (Å²) in [6.45, 7) is 12.6. The van der Waals surface area contributed by atoms with Gasteiger partial charge >= 0.3 is 5.97 Å². The van der Waals surface area contributed by atoms with Gasteiger partial charge in [-0.1, -0.05) is 95.9 Å². The van der Waals surface area contributed by atoms with Gasteiger partial charge in [0, 0.05) is 6.42 Å². The standard InChI is InChI=1S/C35H52O2/c1-24(2)10-9-11-25(3)30-16-17-31-29-15-14-27-23-28(37-33(36)22-26-12-7-6-8-13-26)18-20-34(27,4)32(29)19-21-35(30,31)5/h6-8,12-14,24-25,28-32H,9-11,15-23H2,1-5H3/t25?,28-,29?,30?,31?,32?,34?,35?/m0/s1. The Kier molecular flexibility index (Phi) is 7.95. The van der Waals surface area contributed by atoms with Gasteiger partial charge in [-0.2, -0.15) is 0 Å². The number of rotatable bonds is 8. The molecule has 7 unspecified atom stereocenters. The van der Waals surface area contributed by atoms with E-state index in [0.29, 0.717) is 17.3 Å². The van der Waals surface area contributed by atoms with E-state index >= 15 is 0 Å². The van der Waals surface area contributed by atoms with E-state index in [1.165, 1.54) is 57.8 Å². The molecule has 0 aromatic heterocycles. The molecule has 3 saturated carbocycles. The van der Waals surface area contributed by atoms with Crippen molar-refractivity contribution in [2.45, 2.75) is 118 Å². The first-order chi connectivity index (χ1) is 17.7. The second-order valence-electron chi connectivity index (χ2n) is 14.3. The third kappa shape index (κ3) is 5.33. The molecule has 0 amide bonds. The number of fused-ring (bicyclic) bond motifs is 5. The molecule has 0 spiro atoms. The van der Waals surface area contributed by atoms with E-state index in [9.17, 15) is 4.79 Å². The number of benzene rings is 1.